The van der Waals surface area contributed by atoms with Gasteiger partial charge in [0.15, 0.2) is 0 Å². The van der Waals surface area contributed by atoms with Crippen molar-refractivity contribution in [1.29, 1.82) is 0 Å². The second-order valence-corrected chi connectivity index (χ2v) is 5.69. The molecule has 1 saturated heterocycles. The maximum Gasteiger partial charge on any atom is 0.326 e. The van der Waals surface area contributed by atoms with Crippen molar-refractivity contribution in [3.63, 3.8) is 0 Å². The molecular weight excluding hydrogens is 246 g/mol. The number of hydrogen-bond acceptors (Lipinski definition) is 3. The molecule has 19 heavy (non-hydrogen) atoms. The highest BCUT2D eigenvalue weighted by molar-refractivity contribution is 6.08. The van der Waals surface area contributed by atoms with Crippen molar-refractivity contribution in [2.45, 2.75) is 32.2 Å². The summed E-state index contributed by atoms with van der Waals surface area (Å²) >= 11 is 0. The van der Waals surface area contributed by atoms with Crippen LogP contribution in [0.15, 0.2) is 12.2 Å². The first kappa shape index (κ1) is 12.4. The van der Waals surface area contributed by atoms with E-state index in [9.17, 15) is 19.5 Å². The lowest BCUT2D eigenvalue weighted by molar-refractivity contribution is -0.155. The van der Waals surface area contributed by atoms with E-state index in [1.807, 2.05) is 19.1 Å². The Morgan fingerprint density at radius 1 is 1.32 bits per heavy atom. The second-order valence-electron chi connectivity index (χ2n) is 5.69. The van der Waals surface area contributed by atoms with Crippen LogP contribution in [0.2, 0.25) is 0 Å². The molecule has 2 fully saturated rings. The highest BCUT2D eigenvalue weighted by Gasteiger charge is 2.60. The van der Waals surface area contributed by atoms with Crippen molar-refractivity contribution in [3.05, 3.63) is 12.2 Å². The molecule has 0 radical (unpaired) electrons. The van der Waals surface area contributed by atoms with Crippen molar-refractivity contribution in [1.82, 2.24) is 4.90 Å². The third kappa shape index (κ3) is 1.57. The van der Waals surface area contributed by atoms with E-state index in [0.717, 1.165) is 11.3 Å². The van der Waals surface area contributed by atoms with Crippen LogP contribution in [0.5, 0.6) is 0 Å². The lowest BCUT2D eigenvalue weighted by Gasteiger charge is -2.24. The molecule has 1 heterocycles. The van der Waals surface area contributed by atoms with Gasteiger partial charge >= 0.3 is 5.97 Å². The quantitative estimate of drug-likeness (QED) is 0.607. The summed E-state index contributed by atoms with van der Waals surface area (Å²) in [7, 11) is 0. The predicted octanol–water partition coefficient (Wildman–Crippen LogP) is 1.05. The molecule has 5 nitrogen and oxygen atoms in total. The summed E-state index contributed by atoms with van der Waals surface area (Å²) in [5.41, 5.74) is 0. The first-order chi connectivity index (χ1) is 9.06. The largest absolute Gasteiger partial charge is 0.480 e. The molecule has 102 valence electrons. The number of carbonyl (C=O) groups excluding carboxylic acids is 2. The molecule has 1 aliphatic heterocycles. The monoisotopic (exact) mass is 263 g/mol. The number of carboxylic acids is 1. The Bertz CT molecular complexity index is 454. The lowest BCUT2D eigenvalue weighted by atomic mass is 9.85. The van der Waals surface area contributed by atoms with E-state index >= 15 is 0 Å². The van der Waals surface area contributed by atoms with Crippen molar-refractivity contribution >= 4 is 17.8 Å². The molecule has 1 saturated carbocycles. The Morgan fingerprint density at radius 3 is 2.26 bits per heavy atom. The van der Waals surface area contributed by atoms with Crippen LogP contribution in [0.3, 0.4) is 0 Å². The van der Waals surface area contributed by atoms with Crippen LogP contribution in [0.4, 0.5) is 0 Å². The summed E-state index contributed by atoms with van der Waals surface area (Å²) < 4.78 is 0. The number of amides is 2. The van der Waals surface area contributed by atoms with Gasteiger partial charge in [-0.25, -0.2) is 4.79 Å². The smallest absolute Gasteiger partial charge is 0.326 e. The summed E-state index contributed by atoms with van der Waals surface area (Å²) in [6, 6.07) is -0.991. The average molecular weight is 263 g/mol. The van der Waals surface area contributed by atoms with Crippen LogP contribution < -0.4 is 0 Å². The number of carbonyl (C=O) groups is 3. The summed E-state index contributed by atoms with van der Waals surface area (Å²) in [6.07, 6.45) is 5.85. The molecule has 1 N–H and O–H groups in total. The van der Waals surface area contributed by atoms with E-state index in [1.54, 1.807) is 0 Å². The van der Waals surface area contributed by atoms with E-state index in [1.165, 1.54) is 0 Å². The van der Waals surface area contributed by atoms with Crippen LogP contribution in [0, 0.1) is 23.7 Å². The minimum Gasteiger partial charge on any atom is -0.480 e. The van der Waals surface area contributed by atoms with Crippen LogP contribution in [0.25, 0.3) is 0 Å². The van der Waals surface area contributed by atoms with E-state index in [-0.39, 0.29) is 35.5 Å². The first-order valence-electron chi connectivity index (χ1n) is 6.84. The van der Waals surface area contributed by atoms with Crippen molar-refractivity contribution in [2.24, 2.45) is 23.7 Å². The van der Waals surface area contributed by atoms with Gasteiger partial charge in [-0.1, -0.05) is 25.5 Å². The van der Waals surface area contributed by atoms with Crippen LogP contribution in [-0.4, -0.2) is 33.8 Å². The lowest BCUT2D eigenvalue weighted by Crippen LogP contribution is -2.46. The third-order valence-corrected chi connectivity index (χ3v) is 4.66. The Balaban J connectivity index is 1.91. The molecule has 2 bridgehead atoms. The number of nitrogens with zero attached hydrogens (tertiary/aromatic N) is 1. The van der Waals surface area contributed by atoms with Crippen LogP contribution >= 0.6 is 0 Å². The molecule has 0 aromatic heterocycles. The summed E-state index contributed by atoms with van der Waals surface area (Å²) in [6.45, 7) is 1.85. The number of aliphatic carboxylic acids is 1. The number of rotatable bonds is 4. The molecular formula is C14H17NO4. The molecule has 0 unspecified atom stereocenters. The van der Waals surface area contributed by atoms with Gasteiger partial charge in [-0.2, -0.15) is 0 Å². The van der Waals surface area contributed by atoms with Gasteiger partial charge in [-0.05, 0) is 24.7 Å². The van der Waals surface area contributed by atoms with Crippen LogP contribution in [0.1, 0.15) is 26.2 Å². The summed E-state index contributed by atoms with van der Waals surface area (Å²) in [5.74, 6) is -1.97. The Kier molecular flexibility index (Phi) is 2.73. The number of imide groups is 1. The van der Waals surface area contributed by atoms with Gasteiger partial charge in [0.2, 0.25) is 11.8 Å². The fourth-order valence-electron chi connectivity index (χ4n) is 3.87. The second kappa shape index (κ2) is 4.18. The third-order valence-electron chi connectivity index (χ3n) is 4.66. The molecule has 0 spiro atoms. The zero-order valence-corrected chi connectivity index (χ0v) is 10.8. The number of hydrogen-bond donors (Lipinski definition) is 1. The van der Waals surface area contributed by atoms with E-state index < -0.39 is 12.0 Å². The molecule has 0 aromatic rings. The zero-order valence-electron chi connectivity index (χ0n) is 10.8. The Labute approximate surface area is 111 Å². The minimum atomic E-state index is -1.08. The van der Waals surface area contributed by atoms with Gasteiger partial charge in [0, 0.05) is 0 Å². The molecule has 3 rings (SSSR count). The maximum atomic E-state index is 12.4. The Hall–Kier alpha value is -1.65. The standard InChI is InChI=1S/C14H17NO4/c1-2-3-9(14(18)19)15-12(16)10-7-4-5-8(6-7)11(10)13(15)17/h4-5,7-11H,2-3,6H2,1H3,(H,18,19)/t7-,8-,9+,10+,11+/m0/s1. The predicted molar refractivity (Wildman–Crippen MR) is 65.9 cm³/mol. The summed E-state index contributed by atoms with van der Waals surface area (Å²) in [5, 5.41) is 9.25. The number of likely N-dealkylation sites (tertiary alicyclic amines) is 1. The summed E-state index contributed by atoms with van der Waals surface area (Å²) in [4.78, 5) is 37.2. The normalized spacial score (nSPS) is 37.0. The van der Waals surface area contributed by atoms with E-state index in [4.69, 9.17) is 0 Å². The van der Waals surface area contributed by atoms with Gasteiger partial charge in [0.05, 0.1) is 11.8 Å². The van der Waals surface area contributed by atoms with Gasteiger partial charge in [0.1, 0.15) is 6.04 Å². The van der Waals surface area contributed by atoms with Crippen molar-refractivity contribution < 1.29 is 19.5 Å². The molecule has 2 aliphatic carbocycles. The van der Waals surface area contributed by atoms with Crippen molar-refractivity contribution in [2.75, 3.05) is 0 Å². The van der Waals surface area contributed by atoms with Gasteiger partial charge < -0.3 is 5.11 Å². The maximum absolute atomic E-state index is 12.4. The van der Waals surface area contributed by atoms with Crippen molar-refractivity contribution in [3.8, 4) is 0 Å². The Morgan fingerprint density at radius 2 is 1.84 bits per heavy atom. The number of carboxylic acid groups (broad SMARTS) is 1. The highest BCUT2D eigenvalue weighted by atomic mass is 16.4. The SMILES string of the molecule is CCC[C@H](C(=O)O)N1C(=O)[C@H]2[C@H](C1=O)[C@H]1C=C[C@H]2C1. The fourth-order valence-corrected chi connectivity index (χ4v) is 3.87. The molecule has 3 aliphatic rings. The average Bonchev–Trinajstić information content (AvgIpc) is 3.02. The topological polar surface area (TPSA) is 74.7 Å². The first-order valence-corrected chi connectivity index (χ1v) is 6.84. The van der Waals surface area contributed by atoms with Gasteiger partial charge in [0.25, 0.3) is 0 Å². The van der Waals surface area contributed by atoms with E-state index in [2.05, 4.69) is 0 Å². The minimum absolute atomic E-state index is 0.132. The van der Waals surface area contributed by atoms with Gasteiger partial charge in [-0.15, -0.1) is 0 Å². The molecule has 0 aromatic carbocycles. The van der Waals surface area contributed by atoms with Gasteiger partial charge in [-0.3, -0.25) is 14.5 Å². The fraction of sp³-hybridized carbons (Fsp3) is 0.643. The zero-order chi connectivity index (χ0) is 13.7. The highest BCUT2D eigenvalue weighted by Crippen LogP contribution is 2.52. The van der Waals surface area contributed by atoms with Crippen LogP contribution in [-0.2, 0) is 14.4 Å². The number of allylic oxidation sites excluding steroid dienone is 2. The molecule has 5 heteroatoms. The molecule has 5 atom stereocenters. The molecule has 2 amide bonds. The number of fused-ring (bicyclic) bond motifs is 5. The van der Waals surface area contributed by atoms with E-state index in [0.29, 0.717) is 12.8 Å².